The number of hydrogen-bond donors (Lipinski definition) is 1. The Morgan fingerprint density at radius 3 is 2.62 bits per heavy atom. The molecule has 1 N–H and O–H groups in total. The second kappa shape index (κ2) is 8.14. The lowest BCUT2D eigenvalue weighted by atomic mass is 10.2. The number of hydrogen-bond acceptors (Lipinski definition) is 6. The van der Waals surface area contributed by atoms with E-state index in [0.717, 1.165) is 0 Å². The van der Waals surface area contributed by atoms with Crippen molar-refractivity contribution in [3.63, 3.8) is 0 Å². The first kappa shape index (κ1) is 19.3. The molecule has 3 amide bonds. The van der Waals surface area contributed by atoms with Crippen LogP contribution in [0.1, 0.15) is 9.67 Å². The van der Waals surface area contributed by atoms with Crippen LogP contribution in [0.4, 0.5) is 16.2 Å². The van der Waals surface area contributed by atoms with Crippen molar-refractivity contribution in [3.8, 4) is 0 Å². The Bertz CT molecular complexity index is 974. The minimum atomic E-state index is -0.487. The number of amides is 3. The molecule has 3 heterocycles. The van der Waals surface area contributed by atoms with Crippen LogP contribution in [0.25, 0.3) is 0 Å². The summed E-state index contributed by atoms with van der Waals surface area (Å²) in [7, 11) is 0. The number of ether oxygens (including phenoxy) is 2. The maximum absolute atomic E-state index is 12.2. The first-order valence-corrected chi connectivity index (χ1v) is 9.93. The fraction of sp³-hybridized carbons (Fsp3) is 0.211. The van der Waals surface area contributed by atoms with Gasteiger partial charge in [0.25, 0.3) is 11.8 Å². The van der Waals surface area contributed by atoms with E-state index in [2.05, 4.69) is 5.32 Å². The number of cyclic esters (lactones) is 1. The molecule has 4 rings (SSSR count). The molecule has 1 saturated heterocycles. The Kier molecular flexibility index (Phi) is 5.41. The molecule has 1 atom stereocenters. The van der Waals surface area contributed by atoms with E-state index in [1.165, 1.54) is 27.4 Å². The molecular weight excluding hydrogens is 418 g/mol. The van der Waals surface area contributed by atoms with E-state index in [1.54, 1.807) is 42.6 Å². The van der Waals surface area contributed by atoms with E-state index in [-0.39, 0.29) is 25.0 Å². The maximum Gasteiger partial charge on any atom is 0.414 e. The molecule has 10 heteroatoms. The molecule has 2 aliphatic rings. The average molecular weight is 434 g/mol. The summed E-state index contributed by atoms with van der Waals surface area (Å²) < 4.78 is 10.8. The van der Waals surface area contributed by atoms with Crippen molar-refractivity contribution < 1.29 is 23.9 Å². The first-order valence-electron chi connectivity index (χ1n) is 8.73. The summed E-state index contributed by atoms with van der Waals surface area (Å²) in [6.45, 7) is 0.490. The van der Waals surface area contributed by atoms with Gasteiger partial charge in [0.2, 0.25) is 0 Å². The van der Waals surface area contributed by atoms with Crippen molar-refractivity contribution in [2.75, 3.05) is 29.5 Å². The van der Waals surface area contributed by atoms with Crippen molar-refractivity contribution in [3.05, 3.63) is 58.1 Å². The predicted octanol–water partition coefficient (Wildman–Crippen LogP) is 2.99. The molecule has 1 aromatic heterocycles. The van der Waals surface area contributed by atoms with Gasteiger partial charge in [-0.25, -0.2) is 4.79 Å². The van der Waals surface area contributed by atoms with Crippen molar-refractivity contribution in [2.24, 2.45) is 0 Å². The average Bonchev–Trinajstić information content (AvgIpc) is 3.32. The molecule has 2 aromatic rings. The van der Waals surface area contributed by atoms with Gasteiger partial charge in [0, 0.05) is 17.6 Å². The lowest BCUT2D eigenvalue weighted by molar-refractivity contribution is -0.121. The van der Waals surface area contributed by atoms with Gasteiger partial charge in [-0.3, -0.25) is 19.4 Å². The molecule has 29 heavy (non-hydrogen) atoms. The van der Waals surface area contributed by atoms with E-state index < -0.39 is 12.2 Å². The quantitative estimate of drug-likeness (QED) is 0.783. The minimum absolute atomic E-state index is 0.0121. The molecule has 1 unspecified atom stereocenters. The van der Waals surface area contributed by atoms with Crippen molar-refractivity contribution in [1.29, 1.82) is 0 Å². The molecule has 0 spiro atoms. The van der Waals surface area contributed by atoms with E-state index in [4.69, 9.17) is 21.1 Å². The second-order valence-electron chi connectivity index (χ2n) is 6.31. The highest BCUT2D eigenvalue weighted by Gasteiger charge is 2.32. The van der Waals surface area contributed by atoms with E-state index in [9.17, 15) is 14.4 Å². The number of anilines is 2. The zero-order valence-electron chi connectivity index (χ0n) is 15.0. The van der Waals surface area contributed by atoms with Gasteiger partial charge in [-0.1, -0.05) is 11.6 Å². The summed E-state index contributed by atoms with van der Waals surface area (Å²) in [5.74, 6) is -0.437. The zero-order valence-corrected chi connectivity index (χ0v) is 16.6. The number of thiophene rings is 1. The van der Waals surface area contributed by atoms with Crippen LogP contribution < -0.4 is 15.1 Å². The van der Waals surface area contributed by atoms with Crippen LogP contribution in [0, 0.1) is 0 Å². The lowest BCUT2D eigenvalue weighted by Gasteiger charge is -2.22. The maximum atomic E-state index is 12.2. The fourth-order valence-electron chi connectivity index (χ4n) is 2.97. The van der Waals surface area contributed by atoms with Crippen LogP contribution in [-0.2, 0) is 14.3 Å². The van der Waals surface area contributed by atoms with Crippen molar-refractivity contribution in [1.82, 2.24) is 5.32 Å². The summed E-state index contributed by atoms with van der Waals surface area (Å²) in [4.78, 5) is 39.7. The number of nitrogens with zero attached hydrogens (tertiary/aromatic N) is 2. The van der Waals surface area contributed by atoms with Gasteiger partial charge in [-0.15, -0.1) is 11.3 Å². The largest absolute Gasteiger partial charge is 0.490 e. The summed E-state index contributed by atoms with van der Waals surface area (Å²) >= 11 is 7.02. The van der Waals surface area contributed by atoms with Gasteiger partial charge in [0.05, 0.1) is 22.3 Å². The smallest absolute Gasteiger partial charge is 0.414 e. The highest BCUT2D eigenvalue weighted by atomic mass is 35.5. The molecule has 0 saturated carbocycles. The monoisotopic (exact) mass is 433 g/mol. The third kappa shape index (κ3) is 4.20. The standard InChI is InChI=1S/C19H16ClN3O5S/c20-16-6-5-15(29-16)18(25)21-9-14-10-23(19(26)28-14)13-3-1-12(2-4-13)22-7-8-27-11-17(22)24/h1-8,14H,9-11H2,(H,21,25). The van der Waals surface area contributed by atoms with E-state index >= 15 is 0 Å². The minimum Gasteiger partial charge on any atom is -0.490 e. The first-order chi connectivity index (χ1) is 14.0. The number of carbonyl (C=O) groups is 3. The summed E-state index contributed by atoms with van der Waals surface area (Å²) in [5, 5.41) is 2.75. The van der Waals surface area contributed by atoms with Crippen LogP contribution in [-0.4, -0.2) is 43.7 Å². The third-order valence-corrected chi connectivity index (χ3v) is 5.61. The van der Waals surface area contributed by atoms with Gasteiger partial charge in [-0.2, -0.15) is 0 Å². The van der Waals surface area contributed by atoms with Crippen molar-refractivity contribution in [2.45, 2.75) is 6.10 Å². The highest BCUT2D eigenvalue weighted by Crippen LogP contribution is 2.26. The number of halogens is 1. The fourth-order valence-corrected chi connectivity index (χ4v) is 3.93. The number of carbonyl (C=O) groups excluding carboxylic acids is 3. The zero-order chi connectivity index (χ0) is 20.4. The van der Waals surface area contributed by atoms with Gasteiger partial charge < -0.3 is 14.8 Å². The van der Waals surface area contributed by atoms with Gasteiger partial charge >= 0.3 is 6.09 Å². The Hall–Kier alpha value is -3.04. The molecule has 1 aromatic carbocycles. The molecule has 150 valence electrons. The van der Waals surface area contributed by atoms with Crippen LogP contribution in [0.15, 0.2) is 48.9 Å². The second-order valence-corrected chi connectivity index (χ2v) is 8.02. The molecule has 2 aliphatic heterocycles. The lowest BCUT2D eigenvalue weighted by Crippen LogP contribution is -2.34. The molecular formula is C19H16ClN3O5S. The van der Waals surface area contributed by atoms with Crippen LogP contribution in [0.3, 0.4) is 0 Å². The Morgan fingerprint density at radius 1 is 1.17 bits per heavy atom. The summed E-state index contributed by atoms with van der Waals surface area (Å²) in [5.41, 5.74) is 1.31. The van der Waals surface area contributed by atoms with Gasteiger partial charge in [0.15, 0.2) is 6.61 Å². The van der Waals surface area contributed by atoms with Gasteiger partial charge in [-0.05, 0) is 36.4 Å². The van der Waals surface area contributed by atoms with Crippen molar-refractivity contribution >= 4 is 52.2 Å². The number of nitrogens with one attached hydrogen (secondary N) is 1. The normalized spacial score (nSPS) is 18.6. The molecule has 0 aliphatic carbocycles. The van der Waals surface area contributed by atoms with E-state index in [1.807, 2.05) is 0 Å². The molecule has 1 fully saturated rings. The molecule has 8 nitrogen and oxygen atoms in total. The van der Waals surface area contributed by atoms with Crippen LogP contribution >= 0.6 is 22.9 Å². The Labute approximate surface area is 175 Å². The van der Waals surface area contributed by atoms with Crippen LogP contribution in [0.5, 0.6) is 0 Å². The summed E-state index contributed by atoms with van der Waals surface area (Å²) in [6, 6.07) is 10.3. The third-order valence-electron chi connectivity index (χ3n) is 4.38. The SMILES string of the molecule is O=C(NCC1CN(c2ccc(N3C=COCC3=O)cc2)C(=O)O1)c1ccc(Cl)s1. The molecule has 0 radical (unpaired) electrons. The Morgan fingerprint density at radius 2 is 1.93 bits per heavy atom. The Balaban J connectivity index is 1.36. The van der Waals surface area contributed by atoms with E-state index in [0.29, 0.717) is 27.1 Å². The predicted molar refractivity (Wildman–Crippen MR) is 108 cm³/mol. The number of benzene rings is 1. The molecule has 0 bridgehead atoms. The number of rotatable bonds is 5. The topological polar surface area (TPSA) is 88.2 Å². The summed E-state index contributed by atoms with van der Waals surface area (Å²) in [6.07, 6.45) is 2.05. The van der Waals surface area contributed by atoms with Gasteiger partial charge in [0.1, 0.15) is 12.4 Å². The van der Waals surface area contributed by atoms with Crippen LogP contribution in [0.2, 0.25) is 4.34 Å². The highest BCUT2D eigenvalue weighted by molar-refractivity contribution is 7.18.